The van der Waals surface area contributed by atoms with Crippen LogP contribution in [0.3, 0.4) is 0 Å². The lowest BCUT2D eigenvalue weighted by Crippen LogP contribution is -2.41. The summed E-state index contributed by atoms with van der Waals surface area (Å²) in [7, 11) is 0. The summed E-state index contributed by atoms with van der Waals surface area (Å²) in [6.07, 6.45) is 2.12. The van der Waals surface area contributed by atoms with Crippen molar-refractivity contribution < 1.29 is 14.7 Å². The van der Waals surface area contributed by atoms with Crippen molar-refractivity contribution >= 4 is 23.6 Å². The Bertz CT molecular complexity index is 422. The third-order valence-corrected chi connectivity index (χ3v) is 3.78. The lowest BCUT2D eigenvalue weighted by Gasteiger charge is -2.13. The number of carbonyl (C=O) groups is 2. The molecule has 5 heteroatoms. The second kappa shape index (κ2) is 9.42. The average Bonchev–Trinajstić information content (AvgIpc) is 2.44. The van der Waals surface area contributed by atoms with E-state index in [1.54, 1.807) is 0 Å². The Labute approximate surface area is 124 Å². The second-order valence-corrected chi connectivity index (χ2v) is 5.64. The van der Waals surface area contributed by atoms with Gasteiger partial charge in [0.15, 0.2) is 0 Å². The van der Waals surface area contributed by atoms with Crippen LogP contribution in [0.1, 0.15) is 25.3 Å². The molecule has 0 saturated heterocycles. The maximum absolute atomic E-state index is 11.6. The van der Waals surface area contributed by atoms with E-state index in [2.05, 4.69) is 17.4 Å². The average molecular weight is 295 g/mol. The van der Waals surface area contributed by atoms with Crippen LogP contribution in [0.15, 0.2) is 30.3 Å². The van der Waals surface area contributed by atoms with E-state index in [4.69, 9.17) is 5.11 Å². The number of carboxylic acid groups (broad SMARTS) is 1. The highest BCUT2D eigenvalue weighted by Crippen LogP contribution is 2.07. The quantitative estimate of drug-likeness (QED) is 0.686. The van der Waals surface area contributed by atoms with Crippen LogP contribution in [-0.4, -0.2) is 34.5 Å². The fraction of sp³-hybridized carbons (Fsp3) is 0.467. The minimum absolute atomic E-state index is 0.205. The summed E-state index contributed by atoms with van der Waals surface area (Å²) in [6, 6.07) is 9.32. The van der Waals surface area contributed by atoms with Crippen molar-refractivity contribution in [2.75, 3.05) is 11.5 Å². The van der Waals surface area contributed by atoms with E-state index in [0.29, 0.717) is 12.2 Å². The number of rotatable bonds is 9. The number of nitrogens with one attached hydrogen (secondary N) is 1. The Morgan fingerprint density at radius 2 is 2.00 bits per heavy atom. The number of hydrogen-bond acceptors (Lipinski definition) is 3. The van der Waals surface area contributed by atoms with Gasteiger partial charge in [-0.3, -0.25) is 4.79 Å². The molecule has 2 N–H and O–H groups in total. The second-order valence-electron chi connectivity index (χ2n) is 4.54. The number of carbonyl (C=O) groups excluding carboxylic acids is 1. The maximum Gasteiger partial charge on any atom is 0.326 e. The molecule has 0 aliphatic rings. The van der Waals surface area contributed by atoms with Crippen molar-refractivity contribution in [1.82, 2.24) is 5.32 Å². The van der Waals surface area contributed by atoms with E-state index in [9.17, 15) is 9.59 Å². The Hall–Kier alpha value is -1.49. The Morgan fingerprint density at radius 1 is 1.30 bits per heavy atom. The summed E-state index contributed by atoms with van der Waals surface area (Å²) in [5.74, 6) is -0.0121. The molecule has 0 unspecified atom stereocenters. The third kappa shape index (κ3) is 6.61. The molecule has 1 amide bonds. The first kappa shape index (κ1) is 16.6. The normalized spacial score (nSPS) is 11.8. The van der Waals surface area contributed by atoms with E-state index in [1.807, 2.05) is 25.1 Å². The molecule has 0 heterocycles. The van der Waals surface area contributed by atoms with Crippen molar-refractivity contribution in [2.24, 2.45) is 0 Å². The summed E-state index contributed by atoms with van der Waals surface area (Å²) in [5, 5.41) is 11.5. The van der Waals surface area contributed by atoms with Crippen molar-refractivity contribution in [2.45, 2.75) is 32.2 Å². The fourth-order valence-electron chi connectivity index (χ4n) is 1.78. The predicted octanol–water partition coefficient (Wildman–Crippen LogP) is 2.33. The smallest absolute Gasteiger partial charge is 0.326 e. The van der Waals surface area contributed by atoms with Crippen LogP contribution < -0.4 is 5.32 Å². The maximum atomic E-state index is 11.6. The highest BCUT2D eigenvalue weighted by molar-refractivity contribution is 7.99. The first-order valence-electron chi connectivity index (χ1n) is 6.77. The summed E-state index contributed by atoms with van der Waals surface area (Å²) >= 11 is 1.52. The predicted molar refractivity (Wildman–Crippen MR) is 81.9 cm³/mol. The van der Waals surface area contributed by atoms with Crippen LogP contribution in [0.5, 0.6) is 0 Å². The van der Waals surface area contributed by atoms with Gasteiger partial charge in [0, 0.05) is 0 Å². The fourth-order valence-corrected chi connectivity index (χ4v) is 2.57. The van der Waals surface area contributed by atoms with Crippen LogP contribution >= 0.6 is 11.8 Å². The zero-order valence-corrected chi connectivity index (χ0v) is 12.5. The molecule has 1 aromatic carbocycles. The third-order valence-electron chi connectivity index (χ3n) is 2.82. The number of thioether (sulfide) groups is 1. The molecular formula is C15H21NO3S. The summed E-state index contributed by atoms with van der Waals surface area (Å²) in [4.78, 5) is 22.6. The largest absolute Gasteiger partial charge is 0.480 e. The van der Waals surface area contributed by atoms with Crippen LogP contribution in [0.2, 0.25) is 0 Å². The number of hydrogen-bond donors (Lipinski definition) is 2. The number of amides is 1. The van der Waals surface area contributed by atoms with Crippen LogP contribution in [-0.2, 0) is 16.0 Å². The zero-order chi connectivity index (χ0) is 14.8. The van der Waals surface area contributed by atoms with Gasteiger partial charge >= 0.3 is 5.97 Å². The lowest BCUT2D eigenvalue weighted by atomic mass is 10.2. The van der Waals surface area contributed by atoms with Crippen LogP contribution in [0, 0.1) is 0 Å². The molecule has 20 heavy (non-hydrogen) atoms. The minimum Gasteiger partial charge on any atom is -0.480 e. The molecule has 4 nitrogen and oxygen atoms in total. The Morgan fingerprint density at radius 3 is 2.60 bits per heavy atom. The Kier molecular flexibility index (Phi) is 7.80. The zero-order valence-electron chi connectivity index (χ0n) is 11.7. The number of benzene rings is 1. The molecule has 0 bridgehead atoms. The monoisotopic (exact) mass is 295 g/mol. The van der Waals surface area contributed by atoms with Gasteiger partial charge in [0.2, 0.25) is 5.91 Å². The molecule has 0 saturated carbocycles. The van der Waals surface area contributed by atoms with Gasteiger partial charge in [0.1, 0.15) is 6.04 Å². The molecular weight excluding hydrogens is 274 g/mol. The van der Waals surface area contributed by atoms with Gasteiger partial charge in [-0.2, -0.15) is 11.8 Å². The number of aliphatic carboxylic acids is 1. The van der Waals surface area contributed by atoms with Gasteiger partial charge in [-0.05, 0) is 24.2 Å². The number of carboxylic acids is 1. The molecule has 0 radical (unpaired) electrons. The van der Waals surface area contributed by atoms with Crippen molar-refractivity contribution in [3.05, 3.63) is 35.9 Å². The van der Waals surface area contributed by atoms with E-state index in [0.717, 1.165) is 18.6 Å². The number of aryl methyl sites for hydroxylation is 1. The van der Waals surface area contributed by atoms with E-state index in [-0.39, 0.29) is 5.91 Å². The van der Waals surface area contributed by atoms with Crippen LogP contribution in [0.25, 0.3) is 0 Å². The van der Waals surface area contributed by atoms with Crippen molar-refractivity contribution in [3.63, 3.8) is 0 Å². The van der Waals surface area contributed by atoms with E-state index in [1.165, 1.54) is 17.3 Å². The summed E-state index contributed by atoms with van der Waals surface area (Å²) in [5.41, 5.74) is 1.25. The van der Waals surface area contributed by atoms with Gasteiger partial charge in [0.25, 0.3) is 0 Å². The minimum atomic E-state index is -0.963. The SMILES string of the molecule is CCC[C@H](NC(=O)CSCCc1ccccc1)C(=O)O. The van der Waals surface area contributed by atoms with Gasteiger partial charge < -0.3 is 10.4 Å². The first-order chi connectivity index (χ1) is 9.63. The van der Waals surface area contributed by atoms with Crippen molar-refractivity contribution in [3.8, 4) is 0 Å². The Balaban J connectivity index is 2.21. The van der Waals surface area contributed by atoms with Crippen LogP contribution in [0.4, 0.5) is 0 Å². The first-order valence-corrected chi connectivity index (χ1v) is 7.92. The summed E-state index contributed by atoms with van der Waals surface area (Å²) < 4.78 is 0. The molecule has 110 valence electrons. The highest BCUT2D eigenvalue weighted by Gasteiger charge is 2.18. The molecule has 0 spiro atoms. The molecule has 0 aliphatic carbocycles. The van der Waals surface area contributed by atoms with Gasteiger partial charge in [-0.25, -0.2) is 4.79 Å². The molecule has 0 fully saturated rings. The highest BCUT2D eigenvalue weighted by atomic mass is 32.2. The van der Waals surface area contributed by atoms with Gasteiger partial charge in [0.05, 0.1) is 5.75 Å². The molecule has 1 rings (SSSR count). The molecule has 0 aliphatic heterocycles. The molecule has 1 aromatic rings. The van der Waals surface area contributed by atoms with Gasteiger partial charge in [-0.1, -0.05) is 43.7 Å². The topological polar surface area (TPSA) is 66.4 Å². The molecule has 0 aromatic heterocycles. The van der Waals surface area contributed by atoms with E-state index < -0.39 is 12.0 Å². The van der Waals surface area contributed by atoms with Crippen molar-refractivity contribution in [1.29, 1.82) is 0 Å². The molecule has 1 atom stereocenters. The summed E-state index contributed by atoms with van der Waals surface area (Å²) in [6.45, 7) is 1.90. The van der Waals surface area contributed by atoms with E-state index >= 15 is 0 Å². The standard InChI is InChI=1S/C15H21NO3S/c1-2-6-13(15(18)19)16-14(17)11-20-10-9-12-7-4-3-5-8-12/h3-5,7-8,13H,2,6,9-11H2,1H3,(H,16,17)(H,18,19)/t13-/m0/s1. The lowest BCUT2D eigenvalue weighted by molar-refractivity contribution is -0.141. The van der Waals surface area contributed by atoms with Gasteiger partial charge in [-0.15, -0.1) is 0 Å².